The molecule has 0 aliphatic heterocycles. The number of carbonyl (C=O) groups excluding carboxylic acids is 1. The molecule has 0 radical (unpaired) electrons. The van der Waals surface area contributed by atoms with Crippen molar-refractivity contribution in [3.63, 3.8) is 0 Å². The van der Waals surface area contributed by atoms with Gasteiger partial charge in [-0.25, -0.2) is 0 Å². The molecular weight excluding hydrogens is 474 g/mol. The number of hydrogen-bond donors (Lipinski definition) is 0. The van der Waals surface area contributed by atoms with E-state index in [0.717, 1.165) is 21.2 Å². The van der Waals surface area contributed by atoms with Gasteiger partial charge in [-0.05, 0) is 39.2 Å². The molecule has 4 rings (SSSR count). The quantitative estimate of drug-likeness (QED) is 0.302. The van der Waals surface area contributed by atoms with E-state index in [0.29, 0.717) is 11.1 Å². The minimum atomic E-state index is -0.172. The molecule has 1 aromatic heterocycles. The highest BCUT2D eigenvalue weighted by Gasteiger charge is 2.24. The van der Waals surface area contributed by atoms with Crippen LogP contribution in [0.25, 0.3) is 11.5 Å². The molecule has 0 saturated carbocycles. The summed E-state index contributed by atoms with van der Waals surface area (Å²) in [5.74, 6) is 0.593. The van der Waals surface area contributed by atoms with Gasteiger partial charge in [0.05, 0.1) is 17.4 Å². The normalized spacial score (nSPS) is 10.9. The number of thioether (sulfide) groups is 1. The van der Waals surface area contributed by atoms with Crippen molar-refractivity contribution in [1.29, 1.82) is 0 Å². The van der Waals surface area contributed by atoms with Crippen LogP contribution in [0.1, 0.15) is 17.2 Å². The summed E-state index contributed by atoms with van der Waals surface area (Å²) in [6.45, 7) is 0. The predicted octanol–water partition coefficient (Wildman–Crippen LogP) is 5.84. The number of benzene rings is 3. The zero-order valence-electron chi connectivity index (χ0n) is 16.8. The van der Waals surface area contributed by atoms with E-state index in [1.54, 1.807) is 4.90 Å². The Morgan fingerprint density at radius 2 is 1.52 bits per heavy atom. The number of aromatic nitrogens is 2. The van der Waals surface area contributed by atoms with Crippen molar-refractivity contribution in [3.8, 4) is 11.5 Å². The van der Waals surface area contributed by atoms with Crippen LogP contribution in [0.3, 0.4) is 0 Å². The lowest BCUT2D eigenvalue weighted by atomic mass is 9.97. The van der Waals surface area contributed by atoms with Crippen LogP contribution in [-0.4, -0.2) is 33.8 Å². The second-order valence-corrected chi connectivity index (χ2v) is 8.65. The van der Waals surface area contributed by atoms with Gasteiger partial charge in [0.1, 0.15) is 0 Å². The lowest BCUT2D eigenvalue weighted by Crippen LogP contribution is -2.33. The average Bonchev–Trinajstić information content (AvgIpc) is 3.28. The molecule has 1 heterocycles. The molecule has 0 atom stereocenters. The number of nitrogens with zero attached hydrogens (tertiary/aromatic N) is 3. The minimum Gasteiger partial charge on any atom is -0.411 e. The first-order chi connectivity index (χ1) is 15.1. The molecule has 0 aliphatic rings. The third kappa shape index (κ3) is 5.06. The Bertz CT molecular complexity index is 1110. The van der Waals surface area contributed by atoms with Crippen molar-refractivity contribution in [1.82, 2.24) is 15.1 Å². The monoisotopic (exact) mass is 493 g/mol. The van der Waals surface area contributed by atoms with Crippen LogP contribution >= 0.6 is 27.7 Å². The molecule has 0 saturated heterocycles. The molecule has 7 heteroatoms. The Kier molecular flexibility index (Phi) is 6.84. The molecule has 3 aromatic carbocycles. The Labute approximate surface area is 193 Å². The zero-order chi connectivity index (χ0) is 21.6. The minimum absolute atomic E-state index is 0.0247. The summed E-state index contributed by atoms with van der Waals surface area (Å²) < 4.78 is 6.63. The highest BCUT2D eigenvalue weighted by atomic mass is 79.9. The first kappa shape index (κ1) is 21.3. The fraction of sp³-hybridized carbons (Fsp3) is 0.125. The van der Waals surface area contributed by atoms with Crippen LogP contribution in [0.4, 0.5) is 0 Å². The van der Waals surface area contributed by atoms with E-state index >= 15 is 0 Å². The van der Waals surface area contributed by atoms with E-state index in [4.69, 9.17) is 4.42 Å². The Morgan fingerprint density at radius 1 is 0.935 bits per heavy atom. The van der Waals surface area contributed by atoms with Gasteiger partial charge in [0, 0.05) is 11.5 Å². The van der Waals surface area contributed by atoms with Gasteiger partial charge < -0.3 is 9.32 Å². The van der Waals surface area contributed by atoms with Crippen LogP contribution in [0, 0.1) is 0 Å². The largest absolute Gasteiger partial charge is 0.411 e. The fourth-order valence-corrected chi connectivity index (χ4v) is 4.43. The summed E-state index contributed by atoms with van der Waals surface area (Å²) in [5.41, 5.74) is 2.94. The topological polar surface area (TPSA) is 59.2 Å². The van der Waals surface area contributed by atoms with Gasteiger partial charge in [-0.1, -0.05) is 84.6 Å². The maximum Gasteiger partial charge on any atom is 0.277 e. The van der Waals surface area contributed by atoms with E-state index in [1.165, 1.54) is 11.8 Å². The molecule has 4 aromatic rings. The van der Waals surface area contributed by atoms with E-state index in [9.17, 15) is 4.79 Å². The highest BCUT2D eigenvalue weighted by Crippen LogP contribution is 2.31. The van der Waals surface area contributed by atoms with E-state index in [1.807, 2.05) is 92.0 Å². The van der Waals surface area contributed by atoms with E-state index < -0.39 is 0 Å². The second kappa shape index (κ2) is 9.94. The predicted molar refractivity (Wildman–Crippen MR) is 126 cm³/mol. The molecule has 0 bridgehead atoms. The standard InChI is InChI=1S/C24H20BrN3O2S/c1-28(22(17-10-4-2-5-11-17)18-12-6-3-7-13-18)21(29)16-31-24-27-26-23(30-24)19-14-8-9-15-20(19)25/h2-15,22H,16H2,1H3. The molecule has 0 fully saturated rings. The molecule has 31 heavy (non-hydrogen) atoms. The summed E-state index contributed by atoms with van der Waals surface area (Å²) in [4.78, 5) is 14.8. The molecule has 1 amide bonds. The highest BCUT2D eigenvalue weighted by molar-refractivity contribution is 9.10. The van der Waals surface area contributed by atoms with Gasteiger partial charge in [0.2, 0.25) is 11.8 Å². The van der Waals surface area contributed by atoms with Gasteiger partial charge in [0.25, 0.3) is 5.22 Å². The maximum absolute atomic E-state index is 13.0. The maximum atomic E-state index is 13.0. The SMILES string of the molecule is CN(C(=O)CSc1nnc(-c2ccccc2Br)o1)C(c1ccccc1)c1ccccc1. The Hall–Kier alpha value is -2.90. The van der Waals surface area contributed by atoms with Gasteiger partial charge in [0.15, 0.2) is 0 Å². The Balaban J connectivity index is 1.48. The van der Waals surface area contributed by atoms with Crippen molar-refractivity contribution in [2.24, 2.45) is 0 Å². The van der Waals surface area contributed by atoms with Crippen LogP contribution in [-0.2, 0) is 4.79 Å². The average molecular weight is 494 g/mol. The lowest BCUT2D eigenvalue weighted by molar-refractivity contribution is -0.128. The summed E-state index contributed by atoms with van der Waals surface area (Å²) in [6.07, 6.45) is 0. The van der Waals surface area contributed by atoms with Crippen LogP contribution in [0.15, 0.2) is 99.0 Å². The smallest absolute Gasteiger partial charge is 0.277 e. The number of hydrogen-bond acceptors (Lipinski definition) is 5. The van der Waals surface area contributed by atoms with Crippen molar-refractivity contribution < 1.29 is 9.21 Å². The van der Waals surface area contributed by atoms with Gasteiger partial charge in [-0.2, -0.15) is 0 Å². The third-order valence-corrected chi connectivity index (χ3v) is 6.34. The molecule has 0 N–H and O–H groups in total. The number of halogens is 1. The number of rotatable bonds is 7. The summed E-state index contributed by atoms with van der Waals surface area (Å²) in [6, 6.07) is 27.5. The van der Waals surface area contributed by atoms with E-state index in [2.05, 4.69) is 26.1 Å². The fourth-order valence-electron chi connectivity index (χ4n) is 3.29. The van der Waals surface area contributed by atoms with Gasteiger partial charge in [-0.15, -0.1) is 10.2 Å². The molecule has 156 valence electrons. The molecule has 0 spiro atoms. The summed E-state index contributed by atoms with van der Waals surface area (Å²) >= 11 is 4.73. The summed E-state index contributed by atoms with van der Waals surface area (Å²) in [5, 5.41) is 8.55. The van der Waals surface area contributed by atoms with Crippen LogP contribution < -0.4 is 0 Å². The molecule has 5 nitrogen and oxygen atoms in total. The van der Waals surface area contributed by atoms with Gasteiger partial charge >= 0.3 is 0 Å². The van der Waals surface area contributed by atoms with E-state index in [-0.39, 0.29) is 17.7 Å². The molecule has 0 unspecified atom stereocenters. The Morgan fingerprint density at radius 3 is 2.13 bits per heavy atom. The van der Waals surface area contributed by atoms with Crippen molar-refractivity contribution in [3.05, 3.63) is 101 Å². The number of amides is 1. The first-order valence-electron chi connectivity index (χ1n) is 9.70. The zero-order valence-corrected chi connectivity index (χ0v) is 19.2. The summed E-state index contributed by atoms with van der Waals surface area (Å²) in [7, 11) is 1.83. The van der Waals surface area contributed by atoms with Crippen molar-refractivity contribution in [2.45, 2.75) is 11.3 Å². The lowest BCUT2D eigenvalue weighted by Gasteiger charge is -2.29. The molecule has 0 aliphatic carbocycles. The van der Waals surface area contributed by atoms with Crippen molar-refractivity contribution >= 4 is 33.6 Å². The van der Waals surface area contributed by atoms with Crippen LogP contribution in [0.2, 0.25) is 0 Å². The second-order valence-electron chi connectivity index (χ2n) is 6.87. The van der Waals surface area contributed by atoms with Gasteiger partial charge in [-0.3, -0.25) is 4.79 Å². The third-order valence-electron chi connectivity index (χ3n) is 4.84. The molecular formula is C24H20BrN3O2S. The van der Waals surface area contributed by atoms with Crippen LogP contribution in [0.5, 0.6) is 0 Å². The number of carbonyl (C=O) groups is 1. The first-order valence-corrected chi connectivity index (χ1v) is 11.5. The van der Waals surface area contributed by atoms with Crippen molar-refractivity contribution in [2.75, 3.05) is 12.8 Å².